The number of aromatic nitrogens is 2. The van der Waals surface area contributed by atoms with Gasteiger partial charge in [0.2, 0.25) is 11.8 Å². The van der Waals surface area contributed by atoms with Crippen LogP contribution in [-0.2, 0) is 4.79 Å². The van der Waals surface area contributed by atoms with Gasteiger partial charge in [-0.05, 0) is 69.5 Å². The van der Waals surface area contributed by atoms with Crippen molar-refractivity contribution in [2.45, 2.75) is 43.6 Å². The van der Waals surface area contributed by atoms with Crippen molar-refractivity contribution in [3.63, 3.8) is 0 Å². The second-order valence-corrected chi connectivity index (χ2v) is 8.88. The first-order chi connectivity index (χ1) is 14.6. The summed E-state index contributed by atoms with van der Waals surface area (Å²) in [5.74, 6) is 0.360. The van der Waals surface area contributed by atoms with Crippen LogP contribution in [0.5, 0.6) is 0 Å². The zero-order valence-electron chi connectivity index (χ0n) is 17.3. The Kier molecular flexibility index (Phi) is 6.38. The smallest absolute Gasteiger partial charge is 0.277 e. The maximum atomic E-state index is 12.6. The van der Waals surface area contributed by atoms with Gasteiger partial charge in [-0.2, -0.15) is 0 Å². The van der Waals surface area contributed by atoms with Crippen molar-refractivity contribution in [1.82, 2.24) is 10.2 Å². The second-order valence-electron chi connectivity index (χ2n) is 7.58. The lowest BCUT2D eigenvalue weighted by atomic mass is 10.1. The zero-order chi connectivity index (χ0) is 20.9. The van der Waals surface area contributed by atoms with Gasteiger partial charge in [0, 0.05) is 30.0 Å². The van der Waals surface area contributed by atoms with E-state index in [4.69, 9.17) is 4.42 Å². The van der Waals surface area contributed by atoms with E-state index < -0.39 is 0 Å². The number of anilines is 2. The summed E-state index contributed by atoms with van der Waals surface area (Å²) in [5, 5.41) is 11.2. The molecule has 1 N–H and O–H groups in total. The molecule has 0 saturated carbocycles. The third kappa shape index (κ3) is 5.02. The molecule has 7 heteroatoms. The average molecular weight is 423 g/mol. The minimum Gasteiger partial charge on any atom is -0.411 e. The summed E-state index contributed by atoms with van der Waals surface area (Å²) in [6.45, 7) is 6.07. The summed E-state index contributed by atoms with van der Waals surface area (Å²) in [7, 11) is 0. The highest BCUT2D eigenvalue weighted by Gasteiger charge is 2.19. The summed E-state index contributed by atoms with van der Waals surface area (Å²) in [5.41, 5.74) is 4.04. The first kappa shape index (κ1) is 20.5. The fraction of sp³-hybridized carbons (Fsp3) is 0.348. The van der Waals surface area contributed by atoms with E-state index in [2.05, 4.69) is 32.5 Å². The van der Waals surface area contributed by atoms with Crippen LogP contribution < -0.4 is 10.2 Å². The van der Waals surface area contributed by atoms with Gasteiger partial charge >= 0.3 is 0 Å². The number of benzene rings is 2. The molecule has 0 spiro atoms. The van der Waals surface area contributed by atoms with Crippen molar-refractivity contribution in [2.75, 3.05) is 23.3 Å². The van der Waals surface area contributed by atoms with E-state index in [1.54, 1.807) is 0 Å². The van der Waals surface area contributed by atoms with Crippen LogP contribution >= 0.6 is 11.8 Å². The number of nitrogens with zero attached hydrogens (tertiary/aromatic N) is 3. The number of aryl methyl sites for hydroxylation is 1. The van der Waals surface area contributed by atoms with Crippen molar-refractivity contribution in [3.05, 3.63) is 54.1 Å². The molecule has 6 nitrogen and oxygen atoms in total. The summed E-state index contributed by atoms with van der Waals surface area (Å²) in [6.07, 6.45) is 3.80. The van der Waals surface area contributed by atoms with Gasteiger partial charge < -0.3 is 14.6 Å². The number of carbonyl (C=O) groups is 1. The number of thioether (sulfide) groups is 1. The lowest BCUT2D eigenvalue weighted by Gasteiger charge is -2.28. The second kappa shape index (κ2) is 9.34. The van der Waals surface area contributed by atoms with Gasteiger partial charge in [0.15, 0.2) is 0 Å². The van der Waals surface area contributed by atoms with Gasteiger partial charge in [0.05, 0.1) is 5.25 Å². The predicted octanol–water partition coefficient (Wildman–Crippen LogP) is 5.15. The molecule has 1 aromatic heterocycles. The average Bonchev–Trinajstić information content (AvgIpc) is 3.24. The van der Waals surface area contributed by atoms with Crippen LogP contribution in [0.1, 0.15) is 31.7 Å². The van der Waals surface area contributed by atoms with Crippen molar-refractivity contribution >= 4 is 29.0 Å². The Bertz CT molecular complexity index is 979. The van der Waals surface area contributed by atoms with E-state index in [-0.39, 0.29) is 11.2 Å². The monoisotopic (exact) mass is 422 g/mol. The van der Waals surface area contributed by atoms with Crippen LogP contribution in [0.25, 0.3) is 11.5 Å². The number of amides is 1. The molecule has 1 unspecified atom stereocenters. The highest BCUT2D eigenvalue weighted by atomic mass is 32.2. The molecule has 0 aliphatic carbocycles. The molecule has 1 aliphatic heterocycles. The molecule has 1 fully saturated rings. The Morgan fingerprint density at radius 1 is 1.03 bits per heavy atom. The minimum absolute atomic E-state index is 0.0965. The Hall–Kier alpha value is -2.80. The first-order valence-corrected chi connectivity index (χ1v) is 11.2. The lowest BCUT2D eigenvalue weighted by molar-refractivity contribution is -0.115. The van der Waals surface area contributed by atoms with Gasteiger partial charge in [0.1, 0.15) is 0 Å². The molecular weight excluding hydrogens is 396 g/mol. The van der Waals surface area contributed by atoms with Crippen LogP contribution in [0, 0.1) is 6.92 Å². The van der Waals surface area contributed by atoms with E-state index in [9.17, 15) is 4.79 Å². The van der Waals surface area contributed by atoms with Crippen LogP contribution in [0.15, 0.2) is 58.2 Å². The van der Waals surface area contributed by atoms with Crippen molar-refractivity contribution in [3.8, 4) is 11.5 Å². The molecule has 1 saturated heterocycles. The highest BCUT2D eigenvalue weighted by molar-refractivity contribution is 8.00. The van der Waals surface area contributed by atoms with Gasteiger partial charge in [-0.15, -0.1) is 10.2 Å². The minimum atomic E-state index is -0.363. The standard InChI is InChI=1S/C23H26N4O2S/c1-16-6-8-18(9-7-16)22-25-26-23(29-22)30-17(2)21(28)24-19-10-12-20(13-11-19)27-14-4-3-5-15-27/h6-13,17H,3-5,14-15H2,1-2H3,(H,24,28). The maximum Gasteiger partial charge on any atom is 0.277 e. The van der Waals surface area contributed by atoms with E-state index in [0.29, 0.717) is 11.1 Å². The molecule has 2 aromatic carbocycles. The Labute approximate surface area is 181 Å². The first-order valence-electron chi connectivity index (χ1n) is 10.3. The summed E-state index contributed by atoms with van der Waals surface area (Å²) < 4.78 is 5.72. The van der Waals surface area contributed by atoms with Crippen LogP contribution in [0.2, 0.25) is 0 Å². The molecule has 3 aromatic rings. The number of rotatable bonds is 6. The van der Waals surface area contributed by atoms with Crippen LogP contribution in [0.3, 0.4) is 0 Å². The van der Waals surface area contributed by atoms with Crippen LogP contribution in [0.4, 0.5) is 11.4 Å². The van der Waals surface area contributed by atoms with Crippen molar-refractivity contribution in [2.24, 2.45) is 0 Å². The fourth-order valence-corrected chi connectivity index (χ4v) is 4.11. The molecule has 4 rings (SSSR count). The molecule has 30 heavy (non-hydrogen) atoms. The molecule has 156 valence electrons. The van der Waals surface area contributed by atoms with Crippen molar-refractivity contribution < 1.29 is 9.21 Å². The van der Waals surface area contributed by atoms with Gasteiger partial charge in [-0.1, -0.05) is 29.5 Å². The summed E-state index contributed by atoms with van der Waals surface area (Å²) >= 11 is 1.25. The predicted molar refractivity (Wildman–Crippen MR) is 121 cm³/mol. The van der Waals surface area contributed by atoms with E-state index in [0.717, 1.165) is 24.3 Å². The van der Waals surface area contributed by atoms with E-state index >= 15 is 0 Å². The van der Waals surface area contributed by atoms with Crippen molar-refractivity contribution in [1.29, 1.82) is 0 Å². The number of hydrogen-bond acceptors (Lipinski definition) is 6. The van der Waals surface area contributed by atoms with Crippen LogP contribution in [-0.4, -0.2) is 34.4 Å². The lowest BCUT2D eigenvalue weighted by Crippen LogP contribution is -2.29. The molecule has 0 radical (unpaired) electrons. The van der Waals surface area contributed by atoms with Gasteiger partial charge in [0.25, 0.3) is 5.22 Å². The summed E-state index contributed by atoms with van der Waals surface area (Å²) in [6, 6.07) is 16.0. The Morgan fingerprint density at radius 2 is 1.73 bits per heavy atom. The molecule has 1 amide bonds. The normalized spacial score (nSPS) is 15.1. The molecule has 0 bridgehead atoms. The third-order valence-electron chi connectivity index (χ3n) is 5.21. The molecule has 1 aliphatic rings. The van der Waals surface area contributed by atoms with E-state index in [1.165, 1.54) is 42.3 Å². The third-order valence-corrected chi connectivity index (χ3v) is 6.14. The largest absolute Gasteiger partial charge is 0.411 e. The summed E-state index contributed by atoms with van der Waals surface area (Å²) in [4.78, 5) is 15.0. The van der Waals surface area contributed by atoms with Gasteiger partial charge in [-0.25, -0.2) is 0 Å². The topological polar surface area (TPSA) is 71.3 Å². The quantitative estimate of drug-likeness (QED) is 0.554. The number of hydrogen-bond donors (Lipinski definition) is 1. The van der Waals surface area contributed by atoms with Gasteiger partial charge in [-0.3, -0.25) is 4.79 Å². The SMILES string of the molecule is Cc1ccc(-c2nnc(SC(C)C(=O)Nc3ccc(N4CCCCC4)cc3)o2)cc1. The number of nitrogens with one attached hydrogen (secondary N) is 1. The fourth-order valence-electron chi connectivity index (χ4n) is 3.43. The highest BCUT2D eigenvalue weighted by Crippen LogP contribution is 2.27. The molecule has 1 atom stereocenters. The number of piperidine rings is 1. The Balaban J connectivity index is 1.33. The molecular formula is C23H26N4O2S. The van der Waals surface area contributed by atoms with E-state index in [1.807, 2.05) is 50.2 Å². The zero-order valence-corrected chi connectivity index (χ0v) is 18.1. The number of carbonyl (C=O) groups excluding carboxylic acids is 1. The Morgan fingerprint density at radius 3 is 2.43 bits per heavy atom. The molecule has 2 heterocycles. The maximum absolute atomic E-state index is 12.6.